The number of hydrogen-bond acceptors (Lipinski definition) is 5. The largest absolute Gasteiger partial charge is 0.376 e. The summed E-state index contributed by atoms with van der Waals surface area (Å²) in [6, 6.07) is 12.0. The number of benzene rings is 1. The average molecular weight is 364 g/mol. The predicted molar refractivity (Wildman–Crippen MR) is 107 cm³/mol. The molecule has 1 fully saturated rings. The standard InChI is InChI=1S/C20H24N6O/c1-25(18(27)12-22-15-6-3-2-4-7-15)16-8-5-11-26(13-16)20-17-9-10-21-19(17)23-14-24-20/h2-4,6-7,9-10,14,16,22H,5,8,11-13H2,1H3,(H,21,23,24)/t16-/m1/s1. The van der Waals surface area contributed by atoms with E-state index >= 15 is 0 Å². The number of nitrogens with one attached hydrogen (secondary N) is 2. The molecule has 2 aromatic heterocycles. The van der Waals surface area contributed by atoms with Gasteiger partial charge in [0.05, 0.1) is 11.9 Å². The van der Waals surface area contributed by atoms with Crippen LogP contribution in [-0.2, 0) is 4.79 Å². The summed E-state index contributed by atoms with van der Waals surface area (Å²) < 4.78 is 0. The fraction of sp³-hybridized carbons (Fsp3) is 0.350. The SMILES string of the molecule is CN(C(=O)CNc1ccccc1)[C@@H]1CCCN(c2ncnc3[nH]ccc23)C1. The monoisotopic (exact) mass is 364 g/mol. The number of H-pyrrole nitrogens is 1. The summed E-state index contributed by atoms with van der Waals surface area (Å²) in [5, 5.41) is 4.22. The lowest BCUT2D eigenvalue weighted by atomic mass is 10.0. The lowest BCUT2D eigenvalue weighted by molar-refractivity contribution is -0.130. The first-order chi connectivity index (χ1) is 13.2. The van der Waals surface area contributed by atoms with E-state index in [1.807, 2.05) is 54.5 Å². The Bertz CT molecular complexity index is 909. The van der Waals surface area contributed by atoms with Crippen molar-refractivity contribution in [3.63, 3.8) is 0 Å². The van der Waals surface area contributed by atoms with Gasteiger partial charge in [-0.25, -0.2) is 9.97 Å². The van der Waals surface area contributed by atoms with Crippen molar-refractivity contribution in [2.45, 2.75) is 18.9 Å². The number of anilines is 2. The molecule has 0 aliphatic carbocycles. The first-order valence-corrected chi connectivity index (χ1v) is 9.30. The molecule has 3 aromatic rings. The number of piperidine rings is 1. The number of hydrogen-bond donors (Lipinski definition) is 2. The van der Waals surface area contributed by atoms with Crippen LogP contribution in [0.5, 0.6) is 0 Å². The molecular weight excluding hydrogens is 340 g/mol. The number of aromatic amines is 1. The Balaban J connectivity index is 1.41. The maximum Gasteiger partial charge on any atom is 0.241 e. The second-order valence-corrected chi connectivity index (χ2v) is 6.90. The number of para-hydroxylation sites is 1. The zero-order valence-electron chi connectivity index (χ0n) is 15.4. The summed E-state index contributed by atoms with van der Waals surface area (Å²) in [6.45, 7) is 2.02. The van der Waals surface area contributed by atoms with Crippen LogP contribution in [-0.4, -0.2) is 58.5 Å². The maximum atomic E-state index is 12.6. The predicted octanol–water partition coefficient (Wildman–Crippen LogP) is 2.50. The molecule has 1 aliphatic rings. The smallest absolute Gasteiger partial charge is 0.241 e. The summed E-state index contributed by atoms with van der Waals surface area (Å²) in [5.74, 6) is 1.04. The molecule has 2 N–H and O–H groups in total. The van der Waals surface area contributed by atoms with Gasteiger partial charge >= 0.3 is 0 Å². The summed E-state index contributed by atoms with van der Waals surface area (Å²) in [5.41, 5.74) is 1.80. The van der Waals surface area contributed by atoms with Crippen molar-refractivity contribution in [1.29, 1.82) is 0 Å². The first-order valence-electron chi connectivity index (χ1n) is 9.30. The Morgan fingerprint density at radius 2 is 2.15 bits per heavy atom. The van der Waals surface area contributed by atoms with Crippen LogP contribution in [0.3, 0.4) is 0 Å². The molecule has 0 saturated carbocycles. The van der Waals surface area contributed by atoms with E-state index in [2.05, 4.69) is 25.2 Å². The highest BCUT2D eigenvalue weighted by Gasteiger charge is 2.27. The molecule has 27 heavy (non-hydrogen) atoms. The van der Waals surface area contributed by atoms with Crippen LogP contribution in [0.2, 0.25) is 0 Å². The van der Waals surface area contributed by atoms with E-state index in [0.717, 1.165) is 48.5 Å². The van der Waals surface area contributed by atoms with Gasteiger partial charge in [-0.15, -0.1) is 0 Å². The summed E-state index contributed by atoms with van der Waals surface area (Å²) >= 11 is 0. The van der Waals surface area contributed by atoms with E-state index in [0.29, 0.717) is 6.54 Å². The Kier molecular flexibility index (Phi) is 4.91. The van der Waals surface area contributed by atoms with Crippen molar-refractivity contribution in [1.82, 2.24) is 19.9 Å². The molecule has 4 rings (SSSR count). The molecule has 0 bridgehead atoms. The van der Waals surface area contributed by atoms with Crippen molar-refractivity contribution >= 4 is 28.4 Å². The Labute approximate surface area is 158 Å². The van der Waals surface area contributed by atoms with Gasteiger partial charge in [-0.3, -0.25) is 4.79 Å². The van der Waals surface area contributed by atoms with Crippen molar-refractivity contribution in [3.05, 3.63) is 48.9 Å². The molecule has 1 amide bonds. The van der Waals surface area contributed by atoms with Crippen LogP contribution in [0.4, 0.5) is 11.5 Å². The molecule has 7 nitrogen and oxygen atoms in total. The highest BCUT2D eigenvalue weighted by atomic mass is 16.2. The van der Waals surface area contributed by atoms with Crippen molar-refractivity contribution in [2.24, 2.45) is 0 Å². The quantitative estimate of drug-likeness (QED) is 0.727. The second kappa shape index (κ2) is 7.65. The summed E-state index contributed by atoms with van der Waals surface area (Å²) in [6.07, 6.45) is 5.52. The van der Waals surface area contributed by atoms with Gasteiger partial charge in [-0.05, 0) is 31.0 Å². The van der Waals surface area contributed by atoms with Crippen LogP contribution in [0, 0.1) is 0 Å². The number of rotatable bonds is 5. The number of carbonyl (C=O) groups is 1. The number of nitrogens with zero attached hydrogens (tertiary/aromatic N) is 4. The summed E-state index contributed by atoms with van der Waals surface area (Å²) in [4.78, 5) is 28.7. The van der Waals surface area contributed by atoms with E-state index in [4.69, 9.17) is 0 Å². The van der Waals surface area contributed by atoms with Gasteiger partial charge in [-0.1, -0.05) is 18.2 Å². The number of carbonyl (C=O) groups excluding carboxylic acids is 1. The molecule has 3 heterocycles. The second-order valence-electron chi connectivity index (χ2n) is 6.90. The number of amides is 1. The first kappa shape index (κ1) is 17.3. The Hall–Kier alpha value is -3.09. The molecule has 1 atom stereocenters. The van der Waals surface area contributed by atoms with Crippen LogP contribution < -0.4 is 10.2 Å². The van der Waals surface area contributed by atoms with Gasteiger partial charge in [0.15, 0.2) is 0 Å². The van der Waals surface area contributed by atoms with Crippen molar-refractivity contribution in [3.8, 4) is 0 Å². The molecule has 0 radical (unpaired) electrons. The molecule has 140 valence electrons. The molecule has 0 unspecified atom stereocenters. The van der Waals surface area contributed by atoms with Crippen molar-refractivity contribution in [2.75, 3.05) is 36.9 Å². The number of aromatic nitrogens is 3. The van der Waals surface area contributed by atoms with Gasteiger partial charge < -0.3 is 20.1 Å². The average Bonchev–Trinajstić information content (AvgIpc) is 3.21. The number of fused-ring (bicyclic) bond motifs is 1. The topological polar surface area (TPSA) is 77.2 Å². The highest BCUT2D eigenvalue weighted by Crippen LogP contribution is 2.26. The van der Waals surface area contributed by atoms with E-state index < -0.39 is 0 Å². The highest BCUT2D eigenvalue weighted by molar-refractivity contribution is 5.87. The fourth-order valence-corrected chi connectivity index (χ4v) is 3.64. The molecule has 7 heteroatoms. The van der Waals surface area contributed by atoms with E-state index in [1.54, 1.807) is 6.33 Å². The fourth-order valence-electron chi connectivity index (χ4n) is 3.64. The van der Waals surface area contributed by atoms with Gasteiger partial charge in [0, 0.05) is 38.1 Å². The zero-order valence-corrected chi connectivity index (χ0v) is 15.4. The molecule has 0 spiro atoms. The van der Waals surface area contributed by atoms with Crippen LogP contribution in [0.25, 0.3) is 11.0 Å². The third-order valence-electron chi connectivity index (χ3n) is 5.19. The van der Waals surface area contributed by atoms with Gasteiger partial charge in [-0.2, -0.15) is 0 Å². The molecular formula is C20H24N6O. The van der Waals surface area contributed by atoms with E-state index in [-0.39, 0.29) is 11.9 Å². The summed E-state index contributed by atoms with van der Waals surface area (Å²) in [7, 11) is 1.90. The molecule has 1 aromatic carbocycles. The van der Waals surface area contributed by atoms with Crippen LogP contribution >= 0.6 is 0 Å². The van der Waals surface area contributed by atoms with Gasteiger partial charge in [0.25, 0.3) is 0 Å². The lowest BCUT2D eigenvalue weighted by Gasteiger charge is -2.38. The number of likely N-dealkylation sites (N-methyl/N-ethyl adjacent to an activating group) is 1. The third kappa shape index (κ3) is 3.72. The Morgan fingerprint density at radius 3 is 3.00 bits per heavy atom. The Morgan fingerprint density at radius 1 is 1.30 bits per heavy atom. The minimum atomic E-state index is 0.0974. The minimum absolute atomic E-state index is 0.0974. The van der Waals surface area contributed by atoms with E-state index in [1.165, 1.54) is 0 Å². The van der Waals surface area contributed by atoms with E-state index in [9.17, 15) is 4.79 Å². The van der Waals surface area contributed by atoms with Crippen LogP contribution in [0.1, 0.15) is 12.8 Å². The van der Waals surface area contributed by atoms with Gasteiger partial charge in [0.2, 0.25) is 5.91 Å². The van der Waals surface area contributed by atoms with Crippen molar-refractivity contribution < 1.29 is 4.79 Å². The molecule has 1 aliphatic heterocycles. The zero-order chi connectivity index (χ0) is 18.6. The van der Waals surface area contributed by atoms with Crippen LogP contribution in [0.15, 0.2) is 48.9 Å². The third-order valence-corrected chi connectivity index (χ3v) is 5.19. The maximum absolute atomic E-state index is 12.6. The lowest BCUT2D eigenvalue weighted by Crippen LogP contribution is -2.50. The van der Waals surface area contributed by atoms with Gasteiger partial charge in [0.1, 0.15) is 17.8 Å². The normalized spacial score (nSPS) is 17.1. The molecule has 1 saturated heterocycles. The minimum Gasteiger partial charge on any atom is -0.376 e.